The van der Waals surface area contributed by atoms with Crippen molar-refractivity contribution in [3.8, 4) is 0 Å². The molecule has 1 fully saturated rings. The Morgan fingerprint density at radius 3 is 2.35 bits per heavy atom. The van der Waals surface area contributed by atoms with E-state index in [-0.39, 0.29) is 28.2 Å². The predicted octanol–water partition coefficient (Wildman–Crippen LogP) is 4.75. The molecule has 1 heterocycles. The largest absolute Gasteiger partial charge is 0.417 e. The van der Waals surface area contributed by atoms with Gasteiger partial charge in [0.2, 0.25) is 0 Å². The van der Waals surface area contributed by atoms with E-state index in [1.54, 1.807) is 18.2 Å². The van der Waals surface area contributed by atoms with Crippen molar-refractivity contribution >= 4 is 27.4 Å². The third-order valence-corrected chi connectivity index (χ3v) is 6.41. The molecule has 4 nitrogen and oxygen atoms in total. The van der Waals surface area contributed by atoms with Gasteiger partial charge in [-0.05, 0) is 37.0 Å². The molecule has 0 unspecified atom stereocenters. The average Bonchev–Trinajstić information content (AvgIpc) is 2.54. The van der Waals surface area contributed by atoms with E-state index in [1.807, 2.05) is 0 Å². The standard InChI is InChI=1S/C17H16ClF3N2O2S/c18-15-9-13(17(19,20)21)10-22-16(15)23(11-12-5-4-6-12)26(24,25)14-7-2-1-3-8-14/h1-3,7-10,12H,4-6,11H2. The summed E-state index contributed by atoms with van der Waals surface area (Å²) < 4.78 is 65.6. The molecule has 0 spiro atoms. The summed E-state index contributed by atoms with van der Waals surface area (Å²) in [4.78, 5) is 3.78. The molecule has 1 aliphatic rings. The number of benzene rings is 1. The van der Waals surface area contributed by atoms with E-state index in [1.165, 1.54) is 12.1 Å². The van der Waals surface area contributed by atoms with Crippen molar-refractivity contribution in [2.24, 2.45) is 5.92 Å². The first-order chi connectivity index (χ1) is 12.2. The van der Waals surface area contributed by atoms with Crippen molar-refractivity contribution < 1.29 is 21.6 Å². The maximum Gasteiger partial charge on any atom is 0.417 e. The van der Waals surface area contributed by atoms with Crippen molar-refractivity contribution in [3.63, 3.8) is 0 Å². The van der Waals surface area contributed by atoms with Crippen LogP contribution in [0.3, 0.4) is 0 Å². The first kappa shape index (κ1) is 19.0. The van der Waals surface area contributed by atoms with E-state index < -0.39 is 21.8 Å². The van der Waals surface area contributed by atoms with Crippen LogP contribution in [0.5, 0.6) is 0 Å². The molecule has 0 bridgehead atoms. The maximum atomic E-state index is 13.0. The average molecular weight is 405 g/mol. The van der Waals surface area contributed by atoms with Crippen LogP contribution < -0.4 is 4.31 Å². The van der Waals surface area contributed by atoms with Crippen molar-refractivity contribution in [1.82, 2.24) is 4.98 Å². The number of pyridine rings is 1. The van der Waals surface area contributed by atoms with Gasteiger partial charge in [-0.2, -0.15) is 13.2 Å². The molecule has 0 N–H and O–H groups in total. The Hall–Kier alpha value is -1.80. The minimum atomic E-state index is -4.60. The van der Waals surface area contributed by atoms with Crippen molar-refractivity contribution in [3.05, 3.63) is 53.2 Å². The Bertz CT molecular complexity index is 885. The lowest BCUT2D eigenvalue weighted by Crippen LogP contribution is -2.38. The SMILES string of the molecule is O=S(=O)(c1ccccc1)N(CC1CCC1)c1ncc(C(F)(F)F)cc1Cl. The summed E-state index contributed by atoms with van der Waals surface area (Å²) >= 11 is 6.00. The third-order valence-electron chi connectivity index (χ3n) is 4.37. The molecule has 9 heteroatoms. The Kier molecular flexibility index (Phi) is 5.16. The number of hydrogen-bond acceptors (Lipinski definition) is 3. The zero-order chi connectivity index (χ0) is 18.9. The van der Waals surface area contributed by atoms with Gasteiger partial charge in [0, 0.05) is 12.7 Å². The van der Waals surface area contributed by atoms with E-state index in [9.17, 15) is 21.6 Å². The maximum absolute atomic E-state index is 13.0. The number of aromatic nitrogens is 1. The molecule has 26 heavy (non-hydrogen) atoms. The molecule has 2 aromatic rings. The molecule has 0 radical (unpaired) electrons. The van der Waals surface area contributed by atoms with Gasteiger partial charge >= 0.3 is 6.18 Å². The summed E-state index contributed by atoms with van der Waals surface area (Å²) in [6.45, 7) is 0.134. The monoisotopic (exact) mass is 404 g/mol. The number of hydrogen-bond donors (Lipinski definition) is 0. The number of halogens is 4. The molecule has 1 aromatic carbocycles. The van der Waals surface area contributed by atoms with E-state index in [0.717, 1.165) is 23.6 Å². The highest BCUT2D eigenvalue weighted by Crippen LogP contribution is 2.37. The second-order valence-corrected chi connectivity index (χ2v) is 8.44. The first-order valence-corrected chi connectivity index (χ1v) is 9.82. The van der Waals surface area contributed by atoms with Gasteiger partial charge in [0.1, 0.15) is 0 Å². The third kappa shape index (κ3) is 3.81. The van der Waals surface area contributed by atoms with Gasteiger partial charge < -0.3 is 0 Å². The van der Waals surface area contributed by atoms with Crippen LogP contribution in [0.2, 0.25) is 5.02 Å². The van der Waals surface area contributed by atoms with Crippen molar-refractivity contribution in [2.75, 3.05) is 10.8 Å². The van der Waals surface area contributed by atoms with Gasteiger partial charge in [-0.1, -0.05) is 36.2 Å². The molecule has 0 atom stereocenters. The van der Waals surface area contributed by atoms with Crippen LogP contribution in [-0.4, -0.2) is 19.9 Å². The molecular weight excluding hydrogens is 389 g/mol. The highest BCUT2D eigenvalue weighted by molar-refractivity contribution is 7.92. The molecule has 0 aliphatic heterocycles. The van der Waals surface area contributed by atoms with Crippen LogP contribution >= 0.6 is 11.6 Å². The lowest BCUT2D eigenvalue weighted by molar-refractivity contribution is -0.137. The van der Waals surface area contributed by atoms with Gasteiger partial charge in [-0.15, -0.1) is 0 Å². The van der Waals surface area contributed by atoms with Crippen LogP contribution in [0.1, 0.15) is 24.8 Å². The zero-order valence-corrected chi connectivity index (χ0v) is 15.2. The summed E-state index contributed by atoms with van der Waals surface area (Å²) in [5.41, 5.74) is -1.02. The van der Waals surface area contributed by atoms with Gasteiger partial charge in [-0.25, -0.2) is 17.7 Å². The fraction of sp³-hybridized carbons (Fsp3) is 0.353. The summed E-state index contributed by atoms with van der Waals surface area (Å²) in [5.74, 6) is -0.0518. The Morgan fingerprint density at radius 1 is 1.19 bits per heavy atom. The van der Waals surface area contributed by atoms with Gasteiger partial charge in [0.15, 0.2) is 5.82 Å². The smallest absolute Gasteiger partial charge is 0.248 e. The Labute approximate surface area is 154 Å². The lowest BCUT2D eigenvalue weighted by Gasteiger charge is -2.32. The molecule has 1 aromatic heterocycles. The van der Waals surface area contributed by atoms with Crippen LogP contribution in [0.25, 0.3) is 0 Å². The molecule has 3 rings (SSSR count). The molecule has 0 amide bonds. The van der Waals surface area contributed by atoms with Crippen LogP contribution in [0, 0.1) is 5.92 Å². The lowest BCUT2D eigenvalue weighted by atomic mass is 9.85. The molecular formula is C17H16ClF3N2O2S. The number of anilines is 1. The summed E-state index contributed by atoms with van der Waals surface area (Å²) in [6.07, 6.45) is -1.28. The summed E-state index contributed by atoms with van der Waals surface area (Å²) in [5, 5.41) is -0.348. The minimum absolute atomic E-state index is 0.0390. The Balaban J connectivity index is 2.04. The van der Waals surface area contributed by atoms with Crippen LogP contribution in [0.15, 0.2) is 47.5 Å². The highest BCUT2D eigenvalue weighted by atomic mass is 35.5. The summed E-state index contributed by atoms with van der Waals surface area (Å²) in [6, 6.07) is 8.41. The van der Waals surface area contributed by atoms with Gasteiger partial charge in [-0.3, -0.25) is 0 Å². The van der Waals surface area contributed by atoms with Crippen molar-refractivity contribution in [2.45, 2.75) is 30.3 Å². The van der Waals surface area contributed by atoms with Gasteiger partial charge in [0.25, 0.3) is 10.0 Å². The summed E-state index contributed by atoms with van der Waals surface area (Å²) in [7, 11) is -3.99. The molecule has 1 aliphatic carbocycles. The normalized spacial score (nSPS) is 15.5. The van der Waals surface area contributed by atoms with Crippen LogP contribution in [0.4, 0.5) is 19.0 Å². The van der Waals surface area contributed by atoms with Gasteiger partial charge in [0.05, 0.1) is 15.5 Å². The number of alkyl halides is 3. The van der Waals surface area contributed by atoms with E-state index in [2.05, 4.69) is 4.98 Å². The molecule has 140 valence electrons. The molecule has 0 saturated heterocycles. The van der Waals surface area contributed by atoms with E-state index in [4.69, 9.17) is 11.6 Å². The minimum Gasteiger partial charge on any atom is -0.248 e. The fourth-order valence-corrected chi connectivity index (χ4v) is 4.55. The fourth-order valence-electron chi connectivity index (χ4n) is 2.70. The van der Waals surface area contributed by atoms with Crippen molar-refractivity contribution in [1.29, 1.82) is 0 Å². The molecule has 1 saturated carbocycles. The van der Waals surface area contributed by atoms with E-state index >= 15 is 0 Å². The zero-order valence-electron chi connectivity index (χ0n) is 13.6. The highest BCUT2D eigenvalue weighted by Gasteiger charge is 2.35. The number of sulfonamides is 1. The second-order valence-electron chi connectivity index (χ2n) is 6.17. The Morgan fingerprint density at radius 2 is 1.85 bits per heavy atom. The quantitative estimate of drug-likeness (QED) is 0.722. The van der Waals surface area contributed by atoms with Crippen LogP contribution in [-0.2, 0) is 16.2 Å². The number of rotatable bonds is 5. The topological polar surface area (TPSA) is 50.3 Å². The second kappa shape index (κ2) is 7.08. The number of nitrogens with zero attached hydrogens (tertiary/aromatic N) is 2. The predicted molar refractivity (Wildman–Crippen MR) is 92.6 cm³/mol. The van der Waals surface area contributed by atoms with E-state index in [0.29, 0.717) is 12.3 Å². The first-order valence-electron chi connectivity index (χ1n) is 8.00.